The van der Waals surface area contributed by atoms with Crippen LogP contribution >= 0.6 is 0 Å². The number of rotatable bonds is 4. The van der Waals surface area contributed by atoms with E-state index in [-0.39, 0.29) is 0 Å². The third-order valence-electron chi connectivity index (χ3n) is 4.85. The molecule has 0 spiro atoms. The maximum absolute atomic E-state index is 3.04. The average molecular weight is 239 g/mol. The molecule has 0 bridgehead atoms. The van der Waals surface area contributed by atoms with Crippen molar-refractivity contribution >= 4 is 8.24 Å². The van der Waals surface area contributed by atoms with E-state index in [1.807, 2.05) is 0 Å². The summed E-state index contributed by atoms with van der Waals surface area (Å²) in [4.78, 5) is 0. The van der Waals surface area contributed by atoms with Crippen LogP contribution in [-0.2, 0) is 0 Å². The average Bonchev–Trinajstić information content (AvgIpc) is 2.75. The molecule has 16 heavy (non-hydrogen) atoms. The molecule has 0 aromatic carbocycles. The topological polar surface area (TPSA) is 3.24 Å². The van der Waals surface area contributed by atoms with E-state index in [4.69, 9.17) is 0 Å². The third-order valence-corrected chi connectivity index (χ3v) is 9.69. The predicted molar refractivity (Wildman–Crippen MR) is 74.3 cm³/mol. The van der Waals surface area contributed by atoms with Gasteiger partial charge in [-0.15, -0.1) is 0 Å². The van der Waals surface area contributed by atoms with Crippen molar-refractivity contribution < 1.29 is 0 Å². The first-order valence-corrected chi connectivity index (χ1v) is 10.4. The third kappa shape index (κ3) is 2.70. The molecule has 0 N–H and O–H groups in total. The minimum absolute atomic E-state index is 0.975. The van der Waals surface area contributed by atoms with Gasteiger partial charge in [0.1, 0.15) is 8.24 Å². The lowest BCUT2D eigenvalue weighted by molar-refractivity contribution is 0.244. The van der Waals surface area contributed by atoms with Gasteiger partial charge in [0.15, 0.2) is 0 Å². The zero-order valence-corrected chi connectivity index (χ0v) is 12.3. The van der Waals surface area contributed by atoms with Crippen molar-refractivity contribution in [1.29, 1.82) is 0 Å². The smallest absolute Gasteiger partial charge is 0.125 e. The standard InChI is InChI=1S/C14H29NSi/c1-3-11-15(14-9-5-4-6-10-14)16(2)12-7-8-13-16/h14H,3-13H2,1-2H3. The van der Waals surface area contributed by atoms with Gasteiger partial charge in [0.2, 0.25) is 0 Å². The normalized spacial score (nSPS) is 26.4. The lowest BCUT2D eigenvalue weighted by Crippen LogP contribution is -2.54. The Bertz CT molecular complexity index is 205. The van der Waals surface area contributed by atoms with Crippen LogP contribution in [0.5, 0.6) is 0 Å². The Morgan fingerprint density at radius 1 is 1.00 bits per heavy atom. The maximum atomic E-state index is 3.04. The molecule has 0 aromatic heterocycles. The molecule has 94 valence electrons. The van der Waals surface area contributed by atoms with E-state index >= 15 is 0 Å². The van der Waals surface area contributed by atoms with Gasteiger partial charge in [-0.05, 0) is 37.9 Å². The SMILES string of the molecule is CCCN(C1CCCCC1)[Si]1(C)CCCC1. The second-order valence-corrected chi connectivity index (χ2v) is 10.8. The van der Waals surface area contributed by atoms with E-state index in [1.165, 1.54) is 57.9 Å². The lowest BCUT2D eigenvalue weighted by atomic mass is 9.95. The van der Waals surface area contributed by atoms with Crippen LogP contribution in [0.15, 0.2) is 0 Å². The van der Waals surface area contributed by atoms with Gasteiger partial charge >= 0.3 is 0 Å². The Kier molecular flexibility index (Phi) is 4.48. The summed E-state index contributed by atoms with van der Waals surface area (Å²) < 4.78 is 3.04. The molecule has 1 heterocycles. The summed E-state index contributed by atoms with van der Waals surface area (Å²) in [6.07, 6.45) is 11.9. The highest BCUT2D eigenvalue weighted by molar-refractivity contribution is 6.76. The number of hydrogen-bond donors (Lipinski definition) is 0. The highest BCUT2D eigenvalue weighted by Gasteiger charge is 2.40. The highest BCUT2D eigenvalue weighted by atomic mass is 28.3. The first kappa shape index (κ1) is 12.6. The van der Waals surface area contributed by atoms with Crippen LogP contribution in [0.25, 0.3) is 0 Å². The van der Waals surface area contributed by atoms with Crippen molar-refractivity contribution in [2.45, 2.75) is 83.0 Å². The molecular formula is C14H29NSi. The van der Waals surface area contributed by atoms with Gasteiger partial charge in [-0.2, -0.15) is 0 Å². The van der Waals surface area contributed by atoms with E-state index in [1.54, 1.807) is 12.1 Å². The molecule has 2 fully saturated rings. The molecule has 0 atom stereocenters. The molecule has 2 heteroatoms. The van der Waals surface area contributed by atoms with Crippen LogP contribution in [-0.4, -0.2) is 25.4 Å². The molecule has 1 saturated carbocycles. The Hall–Kier alpha value is 0.177. The second-order valence-electron chi connectivity index (χ2n) is 6.19. The number of hydrogen-bond acceptors (Lipinski definition) is 1. The van der Waals surface area contributed by atoms with E-state index in [0.29, 0.717) is 0 Å². The van der Waals surface area contributed by atoms with Gasteiger partial charge in [-0.1, -0.05) is 45.6 Å². The minimum Gasteiger partial charge on any atom is -0.321 e. The van der Waals surface area contributed by atoms with Gasteiger partial charge < -0.3 is 4.57 Å². The fourth-order valence-corrected chi connectivity index (χ4v) is 8.70. The van der Waals surface area contributed by atoms with Crippen LogP contribution in [0, 0.1) is 0 Å². The fourth-order valence-electron chi connectivity index (χ4n) is 3.95. The van der Waals surface area contributed by atoms with Gasteiger partial charge in [-0.25, -0.2) is 0 Å². The molecule has 0 unspecified atom stereocenters. The first-order valence-electron chi connectivity index (χ1n) is 7.53. The van der Waals surface area contributed by atoms with E-state index in [9.17, 15) is 0 Å². The molecule has 0 amide bonds. The molecule has 2 rings (SSSR count). The summed E-state index contributed by atoms with van der Waals surface area (Å²) in [6, 6.07) is 4.15. The first-order chi connectivity index (χ1) is 7.76. The summed E-state index contributed by atoms with van der Waals surface area (Å²) in [5.41, 5.74) is 0. The van der Waals surface area contributed by atoms with E-state index in [2.05, 4.69) is 18.0 Å². The van der Waals surface area contributed by atoms with Gasteiger partial charge in [0.05, 0.1) is 0 Å². The Morgan fingerprint density at radius 2 is 1.62 bits per heavy atom. The van der Waals surface area contributed by atoms with Gasteiger partial charge in [-0.3, -0.25) is 0 Å². The molecule has 0 radical (unpaired) electrons. The van der Waals surface area contributed by atoms with Crippen molar-refractivity contribution in [3.05, 3.63) is 0 Å². The molecule has 0 aromatic rings. The minimum atomic E-state index is -0.991. The molecule has 1 nitrogen and oxygen atoms in total. The monoisotopic (exact) mass is 239 g/mol. The summed E-state index contributed by atoms with van der Waals surface area (Å²) >= 11 is 0. The molecule has 1 aliphatic heterocycles. The zero-order chi connectivity index (χ0) is 11.4. The number of nitrogens with zero attached hydrogens (tertiary/aromatic N) is 1. The van der Waals surface area contributed by atoms with Crippen LogP contribution in [0.4, 0.5) is 0 Å². The predicted octanol–water partition coefficient (Wildman–Crippen LogP) is 4.40. The highest BCUT2D eigenvalue weighted by Crippen LogP contribution is 2.37. The molecular weight excluding hydrogens is 210 g/mol. The van der Waals surface area contributed by atoms with Gasteiger partial charge in [0, 0.05) is 6.04 Å². The van der Waals surface area contributed by atoms with Crippen molar-refractivity contribution in [3.63, 3.8) is 0 Å². The lowest BCUT2D eigenvalue weighted by Gasteiger charge is -2.44. The fraction of sp³-hybridized carbons (Fsp3) is 1.00. The summed E-state index contributed by atoms with van der Waals surface area (Å²) in [5, 5.41) is 0. The zero-order valence-electron chi connectivity index (χ0n) is 11.3. The van der Waals surface area contributed by atoms with E-state index < -0.39 is 8.24 Å². The van der Waals surface area contributed by atoms with Gasteiger partial charge in [0.25, 0.3) is 0 Å². The summed E-state index contributed by atoms with van der Waals surface area (Å²) in [5.74, 6) is 0. The van der Waals surface area contributed by atoms with Crippen LogP contribution in [0.1, 0.15) is 58.3 Å². The Labute approximate surface area is 103 Å². The molecule has 2 aliphatic rings. The quantitative estimate of drug-likeness (QED) is 0.657. The molecule has 1 aliphatic carbocycles. The second kappa shape index (κ2) is 5.68. The van der Waals surface area contributed by atoms with Crippen LogP contribution in [0.3, 0.4) is 0 Å². The Balaban J connectivity index is 2.02. The van der Waals surface area contributed by atoms with E-state index in [0.717, 1.165) is 6.04 Å². The Morgan fingerprint density at radius 3 is 2.19 bits per heavy atom. The summed E-state index contributed by atoms with van der Waals surface area (Å²) in [7, 11) is -0.991. The van der Waals surface area contributed by atoms with Crippen molar-refractivity contribution in [2.75, 3.05) is 6.54 Å². The largest absolute Gasteiger partial charge is 0.321 e. The summed E-state index contributed by atoms with van der Waals surface area (Å²) in [6.45, 7) is 6.43. The van der Waals surface area contributed by atoms with Crippen LogP contribution in [0.2, 0.25) is 18.6 Å². The van der Waals surface area contributed by atoms with Crippen molar-refractivity contribution in [2.24, 2.45) is 0 Å². The van der Waals surface area contributed by atoms with Crippen molar-refractivity contribution in [1.82, 2.24) is 4.57 Å². The molecule has 1 saturated heterocycles. The maximum Gasteiger partial charge on any atom is 0.125 e. The van der Waals surface area contributed by atoms with Crippen molar-refractivity contribution in [3.8, 4) is 0 Å². The van der Waals surface area contributed by atoms with Crippen LogP contribution < -0.4 is 0 Å².